The first-order valence-corrected chi connectivity index (χ1v) is 13.9. The highest BCUT2D eigenvalue weighted by molar-refractivity contribution is 7.89. The topological polar surface area (TPSA) is 171 Å². The van der Waals surface area contributed by atoms with E-state index < -0.39 is 34.2 Å². The summed E-state index contributed by atoms with van der Waals surface area (Å²) in [5.41, 5.74) is 12.0. The molecule has 2 atom stereocenters. The predicted octanol–water partition coefficient (Wildman–Crippen LogP) is 2.06. The summed E-state index contributed by atoms with van der Waals surface area (Å²) in [7, 11) is -4.14. The second-order valence-electron chi connectivity index (χ2n) is 9.48. The second kappa shape index (κ2) is 11.6. The molecule has 1 aliphatic heterocycles. The van der Waals surface area contributed by atoms with Crippen LogP contribution in [0.15, 0.2) is 71.6 Å². The second-order valence-corrected chi connectivity index (χ2v) is 11.2. The largest absolute Gasteiger partial charge is 0.398 e. The molecule has 0 saturated carbocycles. The molecule has 10 nitrogen and oxygen atoms in total. The van der Waals surface area contributed by atoms with Gasteiger partial charge in [-0.15, -0.1) is 0 Å². The van der Waals surface area contributed by atoms with Crippen LogP contribution in [0, 0.1) is 11.3 Å². The van der Waals surface area contributed by atoms with Crippen molar-refractivity contribution in [3.8, 4) is 0 Å². The molecule has 1 heterocycles. The van der Waals surface area contributed by atoms with Gasteiger partial charge in [-0.05, 0) is 53.8 Å². The highest BCUT2D eigenvalue weighted by atomic mass is 32.2. The lowest BCUT2D eigenvalue weighted by molar-refractivity contribution is -0.122. The first-order valence-electron chi connectivity index (χ1n) is 12.4. The molecule has 200 valence electrons. The number of benzene rings is 3. The number of fused-ring (bicyclic) bond motifs is 1. The molecule has 1 saturated heterocycles. The molecule has 0 aliphatic carbocycles. The van der Waals surface area contributed by atoms with Crippen molar-refractivity contribution in [2.45, 2.75) is 30.2 Å². The third kappa shape index (κ3) is 6.48. The van der Waals surface area contributed by atoms with Crippen molar-refractivity contribution >= 4 is 44.1 Å². The number of para-hydroxylation sites is 1. The highest BCUT2D eigenvalue weighted by Gasteiger charge is 2.30. The molecule has 7 N–H and O–H groups in total. The lowest BCUT2D eigenvalue weighted by atomic mass is 9.97. The molecule has 3 aromatic carbocycles. The van der Waals surface area contributed by atoms with Crippen LogP contribution < -0.4 is 21.5 Å². The van der Waals surface area contributed by atoms with Crippen LogP contribution in [0.1, 0.15) is 29.6 Å². The lowest BCUT2D eigenvalue weighted by Gasteiger charge is -2.33. The first-order chi connectivity index (χ1) is 18.1. The fourth-order valence-electron chi connectivity index (χ4n) is 4.64. The molecule has 11 heteroatoms. The number of likely N-dealkylation sites (tertiary alicyclic amines) is 1. The average molecular weight is 537 g/mol. The standard InChI is InChI=1S/C27H32N6O4S/c28-23-10-4-3-9-22(23)25(34)15-24(26(35)31-16-18-6-5-13-33(17-18)27(29)30)32-38(36,37)21-12-11-19-7-1-2-8-20(19)14-21/h1-4,7-12,14,18,24,32H,5-6,13,15-17,28H2,(H3,29,30)(H,31,35)/t18-,24-/m0/s1. The fourth-order valence-corrected chi connectivity index (χ4v) is 5.87. The summed E-state index contributed by atoms with van der Waals surface area (Å²) in [5.74, 6) is -1.05. The Kier molecular flexibility index (Phi) is 8.28. The number of nitrogens with two attached hydrogens (primary N) is 2. The molecular weight excluding hydrogens is 504 g/mol. The zero-order valence-electron chi connectivity index (χ0n) is 20.9. The molecule has 4 rings (SSSR count). The van der Waals surface area contributed by atoms with Gasteiger partial charge in [0.2, 0.25) is 15.9 Å². The smallest absolute Gasteiger partial charge is 0.241 e. The normalized spacial score (nSPS) is 16.6. The van der Waals surface area contributed by atoms with Gasteiger partial charge in [0.1, 0.15) is 6.04 Å². The van der Waals surface area contributed by atoms with Gasteiger partial charge in [0.15, 0.2) is 11.7 Å². The minimum atomic E-state index is -4.14. The molecule has 3 aromatic rings. The van der Waals surface area contributed by atoms with Gasteiger partial charge in [0.25, 0.3) is 0 Å². The Hall–Kier alpha value is -3.96. The van der Waals surface area contributed by atoms with Crippen LogP contribution in [-0.2, 0) is 14.8 Å². The minimum absolute atomic E-state index is 0.00921. The van der Waals surface area contributed by atoms with Crippen molar-refractivity contribution in [1.29, 1.82) is 5.41 Å². The molecule has 0 spiro atoms. The first kappa shape index (κ1) is 27.1. The molecule has 0 radical (unpaired) electrons. The average Bonchev–Trinajstić information content (AvgIpc) is 2.91. The number of carbonyl (C=O) groups is 2. The van der Waals surface area contributed by atoms with E-state index in [2.05, 4.69) is 10.0 Å². The minimum Gasteiger partial charge on any atom is -0.398 e. The number of nitrogen functional groups attached to an aromatic ring is 1. The van der Waals surface area contributed by atoms with E-state index in [9.17, 15) is 18.0 Å². The number of hydrogen-bond acceptors (Lipinski definition) is 6. The maximum absolute atomic E-state index is 13.3. The summed E-state index contributed by atoms with van der Waals surface area (Å²) >= 11 is 0. The van der Waals surface area contributed by atoms with Crippen LogP contribution in [0.4, 0.5) is 5.69 Å². The third-order valence-electron chi connectivity index (χ3n) is 6.72. The zero-order chi connectivity index (χ0) is 27.3. The van der Waals surface area contributed by atoms with E-state index in [0.717, 1.165) is 23.6 Å². The van der Waals surface area contributed by atoms with Crippen molar-refractivity contribution in [2.24, 2.45) is 11.7 Å². The Morgan fingerprint density at radius 3 is 2.50 bits per heavy atom. The summed E-state index contributed by atoms with van der Waals surface area (Å²) in [5, 5.41) is 12.1. The number of anilines is 1. The van der Waals surface area contributed by atoms with Crippen LogP contribution >= 0.6 is 0 Å². The van der Waals surface area contributed by atoms with E-state index in [4.69, 9.17) is 16.9 Å². The van der Waals surface area contributed by atoms with E-state index in [0.29, 0.717) is 13.1 Å². The van der Waals surface area contributed by atoms with Crippen LogP contribution in [0.3, 0.4) is 0 Å². The number of rotatable bonds is 9. The predicted molar refractivity (Wildman–Crippen MR) is 147 cm³/mol. The number of hydrogen-bond donors (Lipinski definition) is 5. The number of carbonyl (C=O) groups excluding carboxylic acids is 2. The van der Waals surface area contributed by atoms with Gasteiger partial charge in [-0.2, -0.15) is 4.72 Å². The molecule has 1 fully saturated rings. The number of amides is 1. The van der Waals surface area contributed by atoms with Crippen molar-refractivity contribution in [1.82, 2.24) is 14.9 Å². The summed E-state index contributed by atoms with van der Waals surface area (Å²) in [6.45, 7) is 1.46. The molecule has 0 bridgehead atoms. The van der Waals surface area contributed by atoms with Gasteiger partial charge in [-0.1, -0.05) is 42.5 Å². The Morgan fingerprint density at radius 2 is 1.76 bits per heavy atom. The summed E-state index contributed by atoms with van der Waals surface area (Å²) in [6.07, 6.45) is 1.25. The fraction of sp³-hybridized carbons (Fsp3) is 0.296. The number of sulfonamides is 1. The van der Waals surface area contributed by atoms with Crippen molar-refractivity contribution in [3.05, 3.63) is 72.3 Å². The number of nitrogens with one attached hydrogen (secondary N) is 3. The van der Waals surface area contributed by atoms with Crippen LogP contribution in [0.5, 0.6) is 0 Å². The molecule has 0 unspecified atom stereocenters. The quantitative estimate of drug-likeness (QED) is 0.120. The van der Waals surface area contributed by atoms with Crippen LogP contribution in [0.2, 0.25) is 0 Å². The van der Waals surface area contributed by atoms with E-state index in [-0.39, 0.29) is 34.6 Å². The number of nitrogens with zero attached hydrogens (tertiary/aromatic N) is 1. The van der Waals surface area contributed by atoms with E-state index in [1.807, 2.05) is 18.2 Å². The van der Waals surface area contributed by atoms with Crippen molar-refractivity contribution in [2.75, 3.05) is 25.4 Å². The number of Topliss-reactive ketones (excluding diaryl/α,β-unsaturated/α-hetero) is 1. The van der Waals surface area contributed by atoms with Gasteiger partial charge in [0.05, 0.1) is 4.90 Å². The Bertz CT molecular complexity index is 1460. The van der Waals surface area contributed by atoms with E-state index >= 15 is 0 Å². The SMILES string of the molecule is N=C(N)N1CCC[C@@H](CNC(=O)[C@H](CC(=O)c2ccccc2N)NS(=O)(=O)c2ccc3ccccc3c2)C1. The van der Waals surface area contributed by atoms with E-state index in [1.165, 1.54) is 12.1 Å². The lowest BCUT2D eigenvalue weighted by Crippen LogP contribution is -2.50. The van der Waals surface area contributed by atoms with Gasteiger partial charge in [0, 0.05) is 37.3 Å². The third-order valence-corrected chi connectivity index (χ3v) is 8.19. The maximum Gasteiger partial charge on any atom is 0.241 e. The Balaban J connectivity index is 1.54. The number of piperidine rings is 1. The molecule has 1 amide bonds. The molecule has 1 aliphatic rings. The number of ketones is 1. The Labute approximate surface area is 221 Å². The molecular formula is C27H32N6O4S. The molecule has 0 aromatic heterocycles. The van der Waals surface area contributed by atoms with Crippen LogP contribution in [-0.4, -0.2) is 56.6 Å². The van der Waals surface area contributed by atoms with Gasteiger partial charge in [-0.3, -0.25) is 15.0 Å². The van der Waals surface area contributed by atoms with Crippen molar-refractivity contribution in [3.63, 3.8) is 0 Å². The summed E-state index contributed by atoms with van der Waals surface area (Å²) in [4.78, 5) is 28.1. The van der Waals surface area contributed by atoms with Gasteiger partial charge < -0.3 is 21.7 Å². The monoisotopic (exact) mass is 536 g/mol. The molecule has 38 heavy (non-hydrogen) atoms. The maximum atomic E-state index is 13.3. The van der Waals surface area contributed by atoms with Crippen molar-refractivity contribution < 1.29 is 18.0 Å². The Morgan fingerprint density at radius 1 is 1.05 bits per heavy atom. The highest BCUT2D eigenvalue weighted by Crippen LogP contribution is 2.21. The summed E-state index contributed by atoms with van der Waals surface area (Å²) in [6, 6.07) is 17.1. The van der Waals surface area contributed by atoms with E-state index in [1.54, 1.807) is 41.3 Å². The zero-order valence-corrected chi connectivity index (χ0v) is 21.7. The summed E-state index contributed by atoms with van der Waals surface area (Å²) < 4.78 is 29.1. The van der Waals surface area contributed by atoms with Gasteiger partial charge >= 0.3 is 0 Å². The van der Waals surface area contributed by atoms with Gasteiger partial charge in [-0.25, -0.2) is 8.42 Å². The van der Waals surface area contributed by atoms with Crippen LogP contribution in [0.25, 0.3) is 10.8 Å². The number of guanidine groups is 1.